The van der Waals surface area contributed by atoms with Gasteiger partial charge in [-0.15, -0.1) is 0 Å². The SMILES string of the molecule is [GeH3][c]1ccccc1-c1ccccc1-c1cccc2c(-c3cccc4c3C3(CCCC3)c3ccccc3-4)c3cccc(-c4ccc[c]5c4-c4cccc[c]4[GeH2]5)c3cc12. The Hall–Kier alpha value is -5.41. The van der Waals surface area contributed by atoms with E-state index in [2.05, 4.69) is 176 Å². The molecule has 2 heteroatoms. The molecule has 0 saturated heterocycles. The van der Waals surface area contributed by atoms with Gasteiger partial charge in [0.2, 0.25) is 0 Å². The Bertz CT molecular complexity index is 3130. The molecule has 0 amide bonds. The maximum absolute atomic E-state index is 2.57. The molecule has 0 unspecified atom stereocenters. The van der Waals surface area contributed by atoms with E-state index < -0.39 is 15.4 Å². The average molecular weight is 848 g/mol. The summed E-state index contributed by atoms with van der Waals surface area (Å²) in [6, 6.07) is 67.9. The Kier molecular flexibility index (Phi) is 7.72. The van der Waals surface area contributed by atoms with Gasteiger partial charge in [-0.1, -0.05) is 12.1 Å². The average Bonchev–Trinajstić information content (AvgIpc) is 3.98. The quantitative estimate of drug-likeness (QED) is 0.122. The van der Waals surface area contributed by atoms with Gasteiger partial charge in [0, 0.05) is 0 Å². The first-order valence-corrected chi connectivity index (χ1v) is 25.8. The molecular weight excluding hydrogens is 806 g/mol. The van der Waals surface area contributed by atoms with Crippen LogP contribution in [0.15, 0.2) is 176 Å². The van der Waals surface area contributed by atoms with Gasteiger partial charge in [-0.25, -0.2) is 0 Å². The minimum absolute atomic E-state index is 0.0468. The standard InChI is InChI=1S/C55H42Ge2/c56-49-28-7-4-18-39(49)35-16-2-1-15-34(35)36-20-11-22-41-46(36)33-47-37(40-24-14-30-51-53(40)44-19-5-8-29-50(44)57-51)21-12-23-42(47)52(41)45-26-13-25-43-38-17-3-6-27-48(38)55(54(43)45)31-9-10-32-55/h1-8,11-30,33H,9-10,31-32,57H2,56H3. The van der Waals surface area contributed by atoms with E-state index >= 15 is 0 Å². The van der Waals surface area contributed by atoms with Crippen LogP contribution in [0.2, 0.25) is 0 Å². The van der Waals surface area contributed by atoms with Gasteiger partial charge in [0.15, 0.2) is 0 Å². The second-order valence-electron chi connectivity index (χ2n) is 16.7. The van der Waals surface area contributed by atoms with Gasteiger partial charge in [0.1, 0.15) is 0 Å². The Labute approximate surface area is 349 Å². The molecule has 0 N–H and O–H groups in total. The van der Waals surface area contributed by atoms with E-state index in [1.54, 1.807) is 14.4 Å². The van der Waals surface area contributed by atoms with Crippen molar-refractivity contribution in [3.63, 3.8) is 0 Å². The summed E-state index contributed by atoms with van der Waals surface area (Å²) < 4.78 is 4.70. The Morgan fingerprint density at radius 3 is 1.63 bits per heavy atom. The molecule has 9 aromatic carbocycles. The molecule has 0 atom stereocenters. The van der Waals surface area contributed by atoms with Crippen molar-refractivity contribution in [2.75, 3.05) is 0 Å². The first-order valence-electron chi connectivity index (χ1n) is 20.8. The summed E-state index contributed by atoms with van der Waals surface area (Å²) in [4.78, 5) is 0. The van der Waals surface area contributed by atoms with E-state index in [1.165, 1.54) is 124 Å². The summed E-state index contributed by atoms with van der Waals surface area (Å²) >= 11 is -0.506. The molecule has 1 spiro atoms. The van der Waals surface area contributed by atoms with Gasteiger partial charge < -0.3 is 0 Å². The molecule has 0 nitrogen and oxygen atoms in total. The summed E-state index contributed by atoms with van der Waals surface area (Å²) in [5.74, 6) is 0. The van der Waals surface area contributed by atoms with Crippen molar-refractivity contribution in [1.82, 2.24) is 0 Å². The van der Waals surface area contributed by atoms with Crippen LogP contribution < -0.4 is 13.2 Å². The van der Waals surface area contributed by atoms with Crippen LogP contribution in [0.4, 0.5) is 0 Å². The van der Waals surface area contributed by atoms with E-state index in [0.29, 0.717) is 16.5 Å². The number of hydrogen-bond acceptors (Lipinski definition) is 0. The van der Waals surface area contributed by atoms with Gasteiger partial charge in [-0.2, -0.15) is 0 Å². The normalized spacial score (nSPS) is 15.0. The number of benzene rings is 9. The van der Waals surface area contributed by atoms with Gasteiger partial charge >= 0.3 is 339 Å². The summed E-state index contributed by atoms with van der Waals surface area (Å²) in [5, 5.41) is 5.36. The third-order valence-corrected chi connectivity index (χ3v) is 19.8. The molecule has 1 heterocycles. The van der Waals surface area contributed by atoms with Crippen molar-refractivity contribution >= 4 is 66.7 Å². The molecule has 270 valence electrons. The molecule has 3 aliphatic rings. The Balaban J connectivity index is 1.22. The first-order chi connectivity index (χ1) is 28.2. The van der Waals surface area contributed by atoms with Gasteiger partial charge in [-0.05, 0) is 0 Å². The fourth-order valence-electron chi connectivity index (χ4n) is 11.4. The van der Waals surface area contributed by atoms with Crippen LogP contribution in [0.3, 0.4) is 0 Å². The topological polar surface area (TPSA) is 0 Å². The fraction of sp³-hybridized carbons (Fsp3) is 0.0909. The summed E-state index contributed by atoms with van der Waals surface area (Å²) in [5.41, 5.74) is 19.8. The van der Waals surface area contributed by atoms with Crippen molar-refractivity contribution in [2.45, 2.75) is 31.1 Å². The third kappa shape index (κ3) is 4.93. The number of fused-ring (bicyclic) bond motifs is 10. The molecule has 1 aliphatic heterocycles. The number of rotatable bonds is 4. The second kappa shape index (κ2) is 13.1. The van der Waals surface area contributed by atoms with Crippen molar-refractivity contribution in [3.8, 4) is 66.8 Å². The molecule has 9 aromatic rings. The van der Waals surface area contributed by atoms with Crippen LogP contribution in [0.25, 0.3) is 88.3 Å². The van der Waals surface area contributed by atoms with E-state index in [9.17, 15) is 0 Å². The van der Waals surface area contributed by atoms with Gasteiger partial charge in [0.05, 0.1) is 0 Å². The molecule has 1 fully saturated rings. The molecule has 0 bridgehead atoms. The van der Waals surface area contributed by atoms with Crippen LogP contribution in [0, 0.1) is 0 Å². The zero-order chi connectivity index (χ0) is 37.7. The van der Waals surface area contributed by atoms with Crippen LogP contribution in [0.1, 0.15) is 36.8 Å². The third-order valence-electron chi connectivity index (χ3n) is 13.8. The molecule has 57 heavy (non-hydrogen) atoms. The molecule has 1 saturated carbocycles. The zero-order valence-electron chi connectivity index (χ0n) is 32.3. The molecule has 0 radical (unpaired) electrons. The van der Waals surface area contributed by atoms with Crippen LogP contribution in [-0.4, -0.2) is 31.9 Å². The minimum atomic E-state index is -1.07. The van der Waals surface area contributed by atoms with Crippen molar-refractivity contribution < 1.29 is 0 Å². The first kappa shape index (κ1) is 33.7. The van der Waals surface area contributed by atoms with E-state index in [4.69, 9.17) is 0 Å². The molecular formula is C55H42Ge2. The second-order valence-corrected chi connectivity index (χ2v) is 22.8. The Morgan fingerprint density at radius 1 is 0.368 bits per heavy atom. The fourth-order valence-corrected chi connectivity index (χ4v) is 16.9. The molecule has 0 aromatic heterocycles. The van der Waals surface area contributed by atoms with Crippen molar-refractivity contribution in [1.29, 1.82) is 0 Å². The monoisotopic (exact) mass is 850 g/mol. The van der Waals surface area contributed by atoms with Crippen LogP contribution >= 0.6 is 0 Å². The molecule has 2 aliphatic carbocycles. The van der Waals surface area contributed by atoms with E-state index in [0.717, 1.165) is 0 Å². The molecule has 12 rings (SSSR count). The summed E-state index contributed by atoms with van der Waals surface area (Å²) in [6.45, 7) is 0. The predicted octanol–water partition coefficient (Wildman–Crippen LogP) is 10.6. The van der Waals surface area contributed by atoms with Crippen LogP contribution in [0.5, 0.6) is 0 Å². The van der Waals surface area contributed by atoms with E-state index in [1.807, 2.05) is 0 Å². The maximum atomic E-state index is 2.57. The van der Waals surface area contributed by atoms with Crippen molar-refractivity contribution in [3.05, 3.63) is 187 Å². The van der Waals surface area contributed by atoms with Gasteiger partial charge in [0.25, 0.3) is 0 Å². The zero-order valence-corrected chi connectivity index (χ0v) is 39.4. The summed E-state index contributed by atoms with van der Waals surface area (Å²) in [7, 11) is 0. The van der Waals surface area contributed by atoms with Crippen molar-refractivity contribution in [2.24, 2.45) is 0 Å². The van der Waals surface area contributed by atoms with Crippen LogP contribution in [-0.2, 0) is 5.41 Å². The summed E-state index contributed by atoms with van der Waals surface area (Å²) in [6.07, 6.45) is 4.97. The predicted molar refractivity (Wildman–Crippen MR) is 251 cm³/mol. The number of hydrogen-bond donors (Lipinski definition) is 0. The Morgan fingerprint density at radius 2 is 0.877 bits per heavy atom. The van der Waals surface area contributed by atoms with Gasteiger partial charge in [-0.3, -0.25) is 0 Å². The van der Waals surface area contributed by atoms with E-state index in [-0.39, 0.29) is 5.41 Å².